The van der Waals surface area contributed by atoms with E-state index in [9.17, 15) is 19.4 Å². The highest BCUT2D eigenvalue weighted by molar-refractivity contribution is 7.47. The number of phosphoric ester groups is 1. The second-order valence-corrected chi connectivity index (χ2v) is 13.2. The van der Waals surface area contributed by atoms with Gasteiger partial charge in [0, 0.05) is 6.42 Å². The lowest BCUT2D eigenvalue weighted by atomic mass is 10.1. The van der Waals surface area contributed by atoms with E-state index < -0.39 is 20.0 Å². The van der Waals surface area contributed by atoms with Crippen LogP contribution in [0.25, 0.3) is 0 Å². The zero-order valence-corrected chi connectivity index (χ0v) is 28.1. The summed E-state index contributed by atoms with van der Waals surface area (Å²) in [4.78, 5) is 22.8. The van der Waals surface area contributed by atoms with Gasteiger partial charge in [-0.2, -0.15) is 0 Å². The lowest BCUT2D eigenvalue weighted by Crippen LogP contribution is -2.45. The Kier molecular flexibility index (Phi) is 25.0. The number of aliphatic hydroxyl groups is 1. The monoisotopic (exact) mass is 613 g/mol. The number of hydrogen-bond acceptors (Lipinski definition) is 5. The molecule has 0 saturated heterocycles. The molecule has 3 unspecified atom stereocenters. The molecule has 0 rings (SSSR count). The van der Waals surface area contributed by atoms with Crippen molar-refractivity contribution in [3.05, 3.63) is 48.6 Å². The van der Waals surface area contributed by atoms with E-state index in [4.69, 9.17) is 9.05 Å². The molecule has 0 aromatic rings. The first-order valence-electron chi connectivity index (χ1n) is 16.0. The molecule has 0 aliphatic carbocycles. The van der Waals surface area contributed by atoms with Crippen LogP contribution in [0.3, 0.4) is 0 Å². The van der Waals surface area contributed by atoms with Gasteiger partial charge in [-0.3, -0.25) is 13.8 Å². The predicted molar refractivity (Wildman–Crippen MR) is 175 cm³/mol. The molecule has 0 aliphatic rings. The fourth-order valence-electron chi connectivity index (χ4n) is 3.90. The maximum Gasteiger partial charge on any atom is 0.472 e. The van der Waals surface area contributed by atoms with Gasteiger partial charge < -0.3 is 19.8 Å². The zero-order valence-electron chi connectivity index (χ0n) is 27.2. The lowest BCUT2D eigenvalue weighted by molar-refractivity contribution is -0.870. The molecule has 0 aliphatic heterocycles. The van der Waals surface area contributed by atoms with Crippen LogP contribution in [-0.2, 0) is 18.4 Å². The van der Waals surface area contributed by atoms with Gasteiger partial charge in [-0.25, -0.2) is 4.57 Å². The van der Waals surface area contributed by atoms with Crippen molar-refractivity contribution in [2.24, 2.45) is 0 Å². The number of aliphatic hydroxyl groups excluding tert-OH is 1. The van der Waals surface area contributed by atoms with E-state index in [-0.39, 0.29) is 19.1 Å². The minimum Gasteiger partial charge on any atom is -0.387 e. The number of unbranched alkanes of at least 4 members (excludes halogenated alkanes) is 8. The summed E-state index contributed by atoms with van der Waals surface area (Å²) in [6.45, 7) is 4.53. The van der Waals surface area contributed by atoms with Crippen LogP contribution in [0.4, 0.5) is 0 Å². The minimum atomic E-state index is -4.33. The van der Waals surface area contributed by atoms with E-state index in [1.54, 1.807) is 6.08 Å². The van der Waals surface area contributed by atoms with Gasteiger partial charge in [0.1, 0.15) is 13.2 Å². The Morgan fingerprint density at radius 1 is 0.810 bits per heavy atom. The smallest absolute Gasteiger partial charge is 0.387 e. The average molecular weight is 614 g/mol. The summed E-state index contributed by atoms with van der Waals surface area (Å²) in [7, 11) is 1.52. The Balaban J connectivity index is 4.75. The average Bonchev–Trinajstić information content (AvgIpc) is 2.92. The molecule has 1 amide bonds. The summed E-state index contributed by atoms with van der Waals surface area (Å²) < 4.78 is 23.3. The molecule has 0 fully saturated rings. The second-order valence-electron chi connectivity index (χ2n) is 11.8. The van der Waals surface area contributed by atoms with Crippen LogP contribution in [0.15, 0.2) is 48.6 Å². The number of carbonyl (C=O) groups is 1. The highest BCUT2D eigenvalue weighted by Gasteiger charge is 2.27. The first kappa shape index (κ1) is 40.5. The number of likely N-dealkylation sites (N-methyl/N-ethyl adjacent to an activating group) is 1. The Hall–Kier alpha value is -1.54. The minimum absolute atomic E-state index is 0.0498. The molecule has 244 valence electrons. The van der Waals surface area contributed by atoms with Crippen LogP contribution in [-0.4, -0.2) is 73.4 Å². The Labute approximate surface area is 257 Å². The SMILES string of the molecule is CC/C=C/CC/C=C/CC/C=C/C(O)C(COP(=O)(O)OCC[N+](C)(C)C)NC(=O)CCCCCCC/C=C\CCC. The van der Waals surface area contributed by atoms with Crippen LogP contribution in [0.2, 0.25) is 0 Å². The summed E-state index contributed by atoms with van der Waals surface area (Å²) >= 11 is 0. The third kappa shape index (κ3) is 27.3. The molecule has 3 N–H and O–H groups in total. The van der Waals surface area contributed by atoms with Gasteiger partial charge in [0.2, 0.25) is 5.91 Å². The maximum atomic E-state index is 12.7. The van der Waals surface area contributed by atoms with E-state index in [1.807, 2.05) is 27.2 Å². The zero-order chi connectivity index (χ0) is 31.5. The number of hydrogen-bond donors (Lipinski definition) is 3. The molecule has 0 aromatic carbocycles. The normalized spacial score (nSPS) is 15.7. The van der Waals surface area contributed by atoms with Gasteiger partial charge in [-0.15, -0.1) is 0 Å². The molecular weight excluding hydrogens is 551 g/mol. The van der Waals surface area contributed by atoms with E-state index in [0.717, 1.165) is 77.0 Å². The molecule has 0 heterocycles. The van der Waals surface area contributed by atoms with Crippen molar-refractivity contribution in [3.8, 4) is 0 Å². The van der Waals surface area contributed by atoms with E-state index in [1.165, 1.54) is 6.42 Å². The summed E-state index contributed by atoms with van der Waals surface area (Å²) in [6.07, 6.45) is 29.1. The molecule has 0 spiro atoms. The molecular formula is C33H62N2O6P+. The van der Waals surface area contributed by atoms with Crippen molar-refractivity contribution in [1.82, 2.24) is 5.32 Å². The standard InChI is InChI=1S/C33H61N2O6P/c1-6-8-10-12-14-16-18-20-22-24-26-32(36)31(30-41-42(38,39)40-29-28-35(3,4)5)34-33(37)27-25-23-21-19-17-15-13-11-9-7-2/h8,10-11,13,16,18,24,26,31-32,36H,6-7,9,12,14-15,17,19-23,25,27-30H2,1-5H3,(H-,34,37,38,39)/p+1/b10-8+,13-11-,18-16+,26-24+. The van der Waals surface area contributed by atoms with Gasteiger partial charge in [0.15, 0.2) is 0 Å². The van der Waals surface area contributed by atoms with E-state index >= 15 is 0 Å². The van der Waals surface area contributed by atoms with Gasteiger partial charge in [0.25, 0.3) is 0 Å². The van der Waals surface area contributed by atoms with Crippen molar-refractivity contribution in [1.29, 1.82) is 0 Å². The number of nitrogens with one attached hydrogen (secondary N) is 1. The van der Waals surface area contributed by atoms with Gasteiger partial charge in [-0.05, 0) is 57.8 Å². The first-order chi connectivity index (χ1) is 20.0. The van der Waals surface area contributed by atoms with E-state index in [2.05, 4.69) is 55.6 Å². The predicted octanol–water partition coefficient (Wildman–Crippen LogP) is 7.40. The van der Waals surface area contributed by atoms with Gasteiger partial charge in [-0.1, -0.05) is 88.1 Å². The number of nitrogens with zero attached hydrogens (tertiary/aromatic N) is 1. The van der Waals surface area contributed by atoms with Crippen LogP contribution >= 0.6 is 7.82 Å². The summed E-state index contributed by atoms with van der Waals surface area (Å²) in [5.74, 6) is -0.211. The Morgan fingerprint density at radius 2 is 1.38 bits per heavy atom. The third-order valence-electron chi connectivity index (χ3n) is 6.49. The van der Waals surface area contributed by atoms with Crippen LogP contribution < -0.4 is 5.32 Å². The Bertz CT molecular complexity index is 835. The maximum absolute atomic E-state index is 12.7. The quantitative estimate of drug-likeness (QED) is 0.0386. The second kappa shape index (κ2) is 25.9. The highest BCUT2D eigenvalue weighted by Crippen LogP contribution is 2.43. The summed E-state index contributed by atoms with van der Waals surface area (Å²) in [5, 5.41) is 13.6. The molecule has 0 aromatic heterocycles. The van der Waals surface area contributed by atoms with Gasteiger partial charge in [0.05, 0.1) is 39.9 Å². The molecule has 0 saturated carbocycles. The molecule has 0 bridgehead atoms. The van der Waals surface area contributed by atoms with Crippen LogP contribution in [0.1, 0.15) is 104 Å². The Morgan fingerprint density at radius 3 is 2.02 bits per heavy atom. The number of carbonyl (C=O) groups excluding carboxylic acids is 1. The largest absolute Gasteiger partial charge is 0.472 e. The number of allylic oxidation sites excluding steroid dienone is 7. The summed E-state index contributed by atoms with van der Waals surface area (Å²) in [6, 6.07) is -0.868. The van der Waals surface area contributed by atoms with Crippen LogP contribution in [0, 0.1) is 0 Å². The number of quaternary nitrogens is 1. The summed E-state index contributed by atoms with van der Waals surface area (Å²) in [5.41, 5.74) is 0. The number of rotatable bonds is 27. The van der Waals surface area contributed by atoms with Crippen molar-refractivity contribution >= 4 is 13.7 Å². The molecule has 0 radical (unpaired) electrons. The highest BCUT2D eigenvalue weighted by atomic mass is 31.2. The van der Waals surface area contributed by atoms with Crippen molar-refractivity contribution in [2.45, 2.75) is 116 Å². The molecule has 8 nitrogen and oxygen atoms in total. The third-order valence-corrected chi connectivity index (χ3v) is 7.48. The first-order valence-corrected chi connectivity index (χ1v) is 17.5. The molecule has 9 heteroatoms. The van der Waals surface area contributed by atoms with Crippen LogP contribution in [0.5, 0.6) is 0 Å². The fourth-order valence-corrected chi connectivity index (χ4v) is 4.64. The molecule has 3 atom stereocenters. The number of phosphoric acid groups is 1. The number of amides is 1. The fraction of sp³-hybridized carbons (Fsp3) is 0.727. The van der Waals surface area contributed by atoms with Gasteiger partial charge >= 0.3 is 7.82 Å². The lowest BCUT2D eigenvalue weighted by Gasteiger charge is -2.25. The van der Waals surface area contributed by atoms with Crippen molar-refractivity contribution in [2.75, 3.05) is 40.9 Å². The molecule has 42 heavy (non-hydrogen) atoms. The van der Waals surface area contributed by atoms with Crippen molar-refractivity contribution in [3.63, 3.8) is 0 Å². The topological polar surface area (TPSA) is 105 Å². The van der Waals surface area contributed by atoms with E-state index in [0.29, 0.717) is 17.4 Å². The van der Waals surface area contributed by atoms with Crippen molar-refractivity contribution < 1.29 is 32.9 Å².